The van der Waals surface area contributed by atoms with Gasteiger partial charge in [0.15, 0.2) is 0 Å². The molecule has 2 atom stereocenters. The van der Waals surface area contributed by atoms with E-state index in [0.717, 1.165) is 0 Å². The van der Waals surface area contributed by atoms with E-state index in [1.165, 1.54) is 30.3 Å². The van der Waals surface area contributed by atoms with Crippen molar-refractivity contribution in [1.29, 1.82) is 0 Å². The molecule has 0 radical (unpaired) electrons. The summed E-state index contributed by atoms with van der Waals surface area (Å²) in [5.41, 5.74) is 1.87. The van der Waals surface area contributed by atoms with Gasteiger partial charge in [0.05, 0.1) is 40.8 Å². The Morgan fingerprint density at radius 1 is 0.816 bits per heavy atom. The summed E-state index contributed by atoms with van der Waals surface area (Å²) in [5.74, 6) is -0.405. The Balaban J connectivity index is 1.59. The number of morpholine rings is 1. The molecule has 2 saturated heterocycles. The minimum atomic E-state index is -0.540. The molecule has 0 saturated carbocycles. The van der Waals surface area contributed by atoms with Gasteiger partial charge in [0.25, 0.3) is 11.4 Å². The summed E-state index contributed by atoms with van der Waals surface area (Å²) in [7, 11) is 0. The summed E-state index contributed by atoms with van der Waals surface area (Å²) < 4.78 is 20.8. The lowest BCUT2D eigenvalue weighted by molar-refractivity contribution is -0.384. The highest BCUT2D eigenvalue weighted by Crippen LogP contribution is 2.49. The van der Waals surface area contributed by atoms with Crippen LogP contribution < -0.4 is 9.80 Å². The summed E-state index contributed by atoms with van der Waals surface area (Å²) >= 11 is 12.1. The number of hydrogen-bond acceptors (Lipinski definition) is 7. The van der Waals surface area contributed by atoms with Crippen LogP contribution in [0.15, 0.2) is 54.6 Å². The molecule has 2 heterocycles. The molecule has 38 heavy (non-hydrogen) atoms. The van der Waals surface area contributed by atoms with Gasteiger partial charge in [0.2, 0.25) is 0 Å². The lowest BCUT2D eigenvalue weighted by Crippen LogP contribution is -2.36. The third-order valence-corrected chi connectivity index (χ3v) is 7.71. The molecular weight excluding hydrogens is 538 g/mol. The van der Waals surface area contributed by atoms with E-state index >= 15 is 4.39 Å². The van der Waals surface area contributed by atoms with Crippen molar-refractivity contribution in [3.8, 4) is 0 Å². The number of nitrogens with zero attached hydrogens (tertiary/aromatic N) is 4. The van der Waals surface area contributed by atoms with Gasteiger partial charge in [-0.25, -0.2) is 4.39 Å². The Hall–Kier alpha value is -3.47. The van der Waals surface area contributed by atoms with E-state index in [1.807, 2.05) is 15.9 Å². The van der Waals surface area contributed by atoms with E-state index < -0.39 is 15.7 Å². The van der Waals surface area contributed by atoms with Crippen LogP contribution in [0, 0.1) is 26.0 Å². The predicted octanol–water partition coefficient (Wildman–Crippen LogP) is 6.87. The van der Waals surface area contributed by atoms with Gasteiger partial charge in [0.1, 0.15) is 15.9 Å². The maximum absolute atomic E-state index is 15.5. The molecule has 3 aromatic carbocycles. The second-order valence-electron chi connectivity index (χ2n) is 9.19. The quantitative estimate of drug-likeness (QED) is 0.239. The Morgan fingerprint density at radius 2 is 1.34 bits per heavy atom. The van der Waals surface area contributed by atoms with Crippen molar-refractivity contribution in [3.63, 3.8) is 0 Å². The number of benzene rings is 3. The average Bonchev–Trinajstić information content (AvgIpc) is 3.34. The normalized spacial score (nSPS) is 19.6. The molecule has 0 aromatic heterocycles. The third kappa shape index (κ3) is 4.99. The van der Waals surface area contributed by atoms with Crippen molar-refractivity contribution in [1.82, 2.24) is 0 Å². The van der Waals surface area contributed by atoms with Crippen molar-refractivity contribution >= 4 is 46.0 Å². The number of anilines is 2. The van der Waals surface area contributed by atoms with Crippen LogP contribution in [0.25, 0.3) is 0 Å². The molecule has 2 fully saturated rings. The van der Waals surface area contributed by atoms with Crippen molar-refractivity contribution in [2.45, 2.75) is 24.9 Å². The van der Waals surface area contributed by atoms with Crippen LogP contribution >= 0.6 is 23.2 Å². The van der Waals surface area contributed by atoms with Gasteiger partial charge in [-0.05, 0) is 54.3 Å². The van der Waals surface area contributed by atoms with Gasteiger partial charge < -0.3 is 14.5 Å². The molecule has 9 nitrogen and oxygen atoms in total. The minimum absolute atomic E-state index is 0.0223. The first-order chi connectivity index (χ1) is 18.2. The summed E-state index contributed by atoms with van der Waals surface area (Å²) in [6.45, 7) is 2.19. The Kier molecular flexibility index (Phi) is 7.38. The highest BCUT2D eigenvalue weighted by atomic mass is 35.5. The van der Waals surface area contributed by atoms with Gasteiger partial charge in [-0.15, -0.1) is 0 Å². The summed E-state index contributed by atoms with van der Waals surface area (Å²) in [6.07, 6.45) is 1.15. The second kappa shape index (κ2) is 10.7. The van der Waals surface area contributed by atoms with E-state index in [-0.39, 0.29) is 33.5 Å². The van der Waals surface area contributed by atoms with Gasteiger partial charge in [-0.1, -0.05) is 35.3 Å². The molecule has 0 bridgehead atoms. The van der Waals surface area contributed by atoms with Crippen LogP contribution in [0.1, 0.15) is 36.1 Å². The monoisotopic (exact) mass is 560 g/mol. The predicted molar refractivity (Wildman–Crippen MR) is 143 cm³/mol. The molecule has 2 aliphatic rings. The standard InChI is InChI=1S/C26H23Cl2FN4O5/c27-19-4-1-16(13-25(19)32(34)35)22-7-8-23(17-2-5-20(28)26(14-17)33(36)37)31(22)18-3-6-24(21(29)15-18)30-9-11-38-12-10-30/h1-6,13-15,22-23H,7-12H2. The first-order valence-corrected chi connectivity index (χ1v) is 12.8. The van der Waals surface area contributed by atoms with Crippen LogP contribution in [-0.2, 0) is 4.74 Å². The summed E-state index contributed by atoms with van der Waals surface area (Å²) in [4.78, 5) is 25.9. The van der Waals surface area contributed by atoms with Crippen LogP contribution in [0.4, 0.5) is 27.1 Å². The molecule has 0 aliphatic carbocycles. The van der Waals surface area contributed by atoms with Crippen LogP contribution in [-0.4, -0.2) is 36.1 Å². The Bertz CT molecular complexity index is 1330. The van der Waals surface area contributed by atoms with Crippen molar-refractivity contribution in [2.75, 3.05) is 36.1 Å². The lowest BCUT2D eigenvalue weighted by Gasteiger charge is -2.34. The molecule has 198 valence electrons. The molecule has 5 rings (SSSR count). The van der Waals surface area contributed by atoms with E-state index in [1.54, 1.807) is 18.2 Å². The van der Waals surface area contributed by atoms with Crippen LogP contribution in [0.5, 0.6) is 0 Å². The van der Waals surface area contributed by atoms with E-state index in [4.69, 9.17) is 27.9 Å². The van der Waals surface area contributed by atoms with Crippen molar-refractivity contribution in [2.24, 2.45) is 0 Å². The zero-order chi connectivity index (χ0) is 27.0. The number of hydrogen-bond donors (Lipinski definition) is 0. The zero-order valence-corrected chi connectivity index (χ0v) is 21.6. The average molecular weight is 561 g/mol. The number of halogens is 3. The minimum Gasteiger partial charge on any atom is -0.378 e. The fourth-order valence-electron chi connectivity index (χ4n) is 5.30. The Labute approximate surface area is 227 Å². The van der Waals surface area contributed by atoms with Crippen LogP contribution in [0.3, 0.4) is 0 Å². The number of ether oxygens (including phenoxy) is 1. The van der Waals surface area contributed by atoms with E-state index in [9.17, 15) is 20.2 Å². The SMILES string of the molecule is O=[N+]([O-])c1cc(C2CCC(c3ccc(Cl)c([N+](=O)[O-])c3)N2c2ccc(N3CCOCC3)c(F)c2)ccc1Cl. The number of nitro groups is 2. The van der Waals surface area contributed by atoms with Gasteiger partial charge in [-0.3, -0.25) is 20.2 Å². The fourth-order valence-corrected chi connectivity index (χ4v) is 5.67. The summed E-state index contributed by atoms with van der Waals surface area (Å²) in [5, 5.41) is 23.2. The van der Waals surface area contributed by atoms with Gasteiger partial charge in [-0.2, -0.15) is 0 Å². The molecule has 0 N–H and O–H groups in total. The smallest absolute Gasteiger partial charge is 0.288 e. The van der Waals surface area contributed by atoms with E-state index in [0.29, 0.717) is 61.6 Å². The lowest BCUT2D eigenvalue weighted by atomic mass is 10.0. The molecule has 3 aromatic rings. The van der Waals surface area contributed by atoms with Gasteiger partial charge in [0, 0.05) is 30.9 Å². The molecule has 2 aliphatic heterocycles. The largest absolute Gasteiger partial charge is 0.378 e. The molecule has 2 unspecified atom stereocenters. The topological polar surface area (TPSA) is 102 Å². The molecular formula is C26H23Cl2FN4O5. The fraction of sp³-hybridized carbons (Fsp3) is 0.308. The zero-order valence-electron chi connectivity index (χ0n) is 20.1. The second-order valence-corrected chi connectivity index (χ2v) is 10.0. The maximum Gasteiger partial charge on any atom is 0.288 e. The van der Waals surface area contributed by atoms with Crippen LogP contribution in [0.2, 0.25) is 10.0 Å². The number of nitro benzene ring substituents is 2. The highest BCUT2D eigenvalue weighted by Gasteiger charge is 2.37. The highest BCUT2D eigenvalue weighted by molar-refractivity contribution is 6.33. The molecule has 0 spiro atoms. The molecule has 0 amide bonds. The first-order valence-electron chi connectivity index (χ1n) is 12.0. The maximum atomic E-state index is 15.5. The van der Waals surface area contributed by atoms with Crippen molar-refractivity contribution in [3.05, 3.63) is 102 Å². The van der Waals surface area contributed by atoms with E-state index in [2.05, 4.69) is 0 Å². The molecule has 12 heteroatoms. The van der Waals surface area contributed by atoms with Gasteiger partial charge >= 0.3 is 0 Å². The third-order valence-electron chi connectivity index (χ3n) is 7.07. The number of rotatable bonds is 6. The summed E-state index contributed by atoms with van der Waals surface area (Å²) in [6, 6.07) is 13.5. The Morgan fingerprint density at radius 3 is 1.82 bits per heavy atom. The van der Waals surface area contributed by atoms with Crippen molar-refractivity contribution < 1.29 is 19.0 Å². The first kappa shape index (κ1) is 26.1.